The zero-order valence-corrected chi connectivity index (χ0v) is 7.58. The summed E-state index contributed by atoms with van der Waals surface area (Å²) < 4.78 is 0. The minimum Gasteiger partial charge on any atom is -2.00 e. The van der Waals surface area contributed by atoms with Crippen LogP contribution >= 0.6 is 0 Å². The van der Waals surface area contributed by atoms with Crippen molar-refractivity contribution >= 4 is 5.97 Å². The fraction of sp³-hybridized carbons (Fsp3) is 0.667. The Morgan fingerprint density at radius 1 is 1.22 bits per heavy atom. The van der Waals surface area contributed by atoms with E-state index >= 15 is 0 Å². The average Bonchev–Trinajstić information content (AvgIpc) is 1.41. The maximum Gasteiger partial charge on any atom is 4.00 e. The Bertz CT molecular complexity index is 35.2. The van der Waals surface area contributed by atoms with Crippen LogP contribution in [0.1, 0.15) is 6.92 Å². The van der Waals surface area contributed by atoms with E-state index in [1.807, 2.05) is 0 Å². The molecule has 0 aliphatic heterocycles. The van der Waals surface area contributed by atoms with Crippen LogP contribution in [0, 0.1) is 0 Å². The van der Waals surface area contributed by atoms with Gasteiger partial charge in [0.25, 0.3) is 5.97 Å². The van der Waals surface area contributed by atoms with Crippen molar-refractivity contribution in [1.29, 1.82) is 0 Å². The normalized spacial score (nSPS) is 3.44. The van der Waals surface area contributed by atoms with Crippen molar-refractivity contribution in [2.75, 3.05) is 7.11 Å². The van der Waals surface area contributed by atoms with Gasteiger partial charge in [0, 0.05) is 14.0 Å². The molecule has 0 rings (SSSR count). The number of carbonyl (C=O) groups is 1. The van der Waals surface area contributed by atoms with Crippen LogP contribution in [0.5, 0.6) is 0 Å². The Labute approximate surface area is 72.4 Å². The first-order valence-corrected chi connectivity index (χ1v) is 1.37. The number of rotatable bonds is 0. The van der Waals surface area contributed by atoms with Crippen molar-refractivity contribution in [2.24, 2.45) is 0 Å². The summed E-state index contributed by atoms with van der Waals surface area (Å²) in [6, 6.07) is 0. The second kappa shape index (κ2) is 41.2. The largest absolute Gasteiger partial charge is 4.00 e. The van der Waals surface area contributed by atoms with Crippen LogP contribution in [-0.2, 0) is 42.0 Å². The summed E-state index contributed by atoms with van der Waals surface area (Å²) in [7, 11) is 1.00. The van der Waals surface area contributed by atoms with Gasteiger partial charge >= 0.3 is 26.2 Å². The molecule has 0 radical (unpaired) electrons. The van der Waals surface area contributed by atoms with Crippen LogP contribution in [0.3, 0.4) is 0 Å². The van der Waals surface area contributed by atoms with Gasteiger partial charge < -0.3 is 21.2 Å². The number of aliphatic hydroxyl groups excluding tert-OH is 1. The van der Waals surface area contributed by atoms with Gasteiger partial charge in [-0.15, -0.1) is 0 Å². The van der Waals surface area contributed by atoms with Crippen LogP contribution in [0.2, 0.25) is 0 Å². The van der Waals surface area contributed by atoms with Gasteiger partial charge in [0.05, 0.1) is 0 Å². The molecule has 0 aliphatic carbocycles. The van der Waals surface area contributed by atoms with Crippen molar-refractivity contribution in [3.8, 4) is 0 Å². The Hall–Kier alpha value is 0.233. The second-order valence-electron chi connectivity index (χ2n) is 0.519. The van der Waals surface area contributed by atoms with Crippen LogP contribution in [0.15, 0.2) is 0 Å². The number of carboxylic acids is 1. The molecular weight excluding hydrogens is 207 g/mol. The summed E-state index contributed by atoms with van der Waals surface area (Å²) in [5.41, 5.74) is 0. The summed E-state index contributed by atoms with van der Waals surface area (Å²) >= 11 is 0. The van der Waals surface area contributed by atoms with Crippen LogP contribution < -0.4 is 0 Å². The van der Waals surface area contributed by atoms with Gasteiger partial charge in [-0.25, -0.2) is 0 Å². The van der Waals surface area contributed by atoms with Gasteiger partial charge in [-0.3, -0.25) is 4.79 Å². The fourth-order valence-corrected chi connectivity index (χ4v) is 0. The summed E-state index contributed by atoms with van der Waals surface area (Å²) in [6.07, 6.45) is 0. The predicted molar refractivity (Wildman–Crippen MR) is 22.8 cm³/mol. The molecule has 0 aromatic rings. The molecule has 5 nitrogen and oxygen atoms in total. The predicted octanol–water partition coefficient (Wildman–Crippen LogP) is -0.541. The third-order valence-corrected chi connectivity index (χ3v) is 0. The van der Waals surface area contributed by atoms with Gasteiger partial charge in [0.15, 0.2) is 0 Å². The molecule has 0 atom stereocenters. The first-order valence-electron chi connectivity index (χ1n) is 1.37. The van der Waals surface area contributed by atoms with Gasteiger partial charge in [-0.05, 0) is 0 Å². The maximum absolute atomic E-state index is 9.00. The zero-order valence-electron chi connectivity index (χ0n) is 5.12. The van der Waals surface area contributed by atoms with Crippen molar-refractivity contribution in [2.45, 2.75) is 6.92 Å². The zero-order chi connectivity index (χ0) is 5.58. The molecule has 0 unspecified atom stereocenters. The first-order chi connectivity index (χ1) is 2.73. The van der Waals surface area contributed by atoms with Crippen molar-refractivity contribution in [3.63, 3.8) is 0 Å². The molecule has 0 spiro atoms. The van der Waals surface area contributed by atoms with Crippen molar-refractivity contribution in [3.05, 3.63) is 0 Å². The molecule has 0 saturated heterocycles. The van der Waals surface area contributed by atoms with E-state index in [2.05, 4.69) is 0 Å². The molecule has 0 amide bonds. The fourth-order valence-electron chi connectivity index (χ4n) is 0. The molecule has 0 aliphatic rings. The molecule has 0 saturated carbocycles. The van der Waals surface area contributed by atoms with E-state index in [9.17, 15) is 0 Å². The van der Waals surface area contributed by atoms with Gasteiger partial charge in [-0.2, -0.15) is 0 Å². The Balaban J connectivity index is -0.00000000990. The molecule has 54 valence electrons. The number of hydrogen-bond acceptors (Lipinski definition) is 2. The number of aliphatic carboxylic acids is 1. The molecule has 0 heterocycles. The Morgan fingerprint density at radius 3 is 1.22 bits per heavy atom. The number of hydrogen-bond donors (Lipinski definition) is 2. The van der Waals surface area contributed by atoms with Crippen molar-refractivity contribution < 1.29 is 52.2 Å². The topological polar surface area (TPSA) is 115 Å². The SMILES string of the molecule is CC(=O)O.CO.[O-2].[O-2].[Zr+4]. The van der Waals surface area contributed by atoms with Crippen LogP contribution in [-0.4, -0.2) is 23.3 Å². The van der Waals surface area contributed by atoms with Crippen LogP contribution in [0.4, 0.5) is 0 Å². The van der Waals surface area contributed by atoms with E-state index in [1.54, 1.807) is 0 Å². The van der Waals surface area contributed by atoms with Gasteiger partial charge in [0.2, 0.25) is 0 Å². The molecule has 9 heavy (non-hydrogen) atoms. The van der Waals surface area contributed by atoms with Gasteiger partial charge in [-0.1, -0.05) is 0 Å². The Kier molecular flexibility index (Phi) is 160. The molecule has 0 fully saturated rings. The summed E-state index contributed by atoms with van der Waals surface area (Å²) in [5, 5.41) is 14.4. The van der Waals surface area contributed by atoms with Crippen LogP contribution in [0.25, 0.3) is 0 Å². The Morgan fingerprint density at radius 2 is 1.22 bits per heavy atom. The van der Waals surface area contributed by atoms with E-state index < -0.39 is 5.97 Å². The smallest absolute Gasteiger partial charge is 2.00 e. The van der Waals surface area contributed by atoms with Crippen molar-refractivity contribution in [1.82, 2.24) is 0 Å². The van der Waals surface area contributed by atoms with E-state index in [0.29, 0.717) is 0 Å². The molecular formula is C3H8O5Zr. The monoisotopic (exact) mass is 214 g/mol. The third-order valence-electron chi connectivity index (χ3n) is 0. The van der Waals surface area contributed by atoms with E-state index in [-0.39, 0.29) is 37.2 Å². The third kappa shape index (κ3) is 5890. The standard InChI is InChI=1S/C2H4O2.CH4O.2O.Zr/c1-2(3)4;1-2;;;/h1H3,(H,3,4);2H,1H3;;;/q;;2*-2;+4. The number of carboxylic acid groups (broad SMARTS) is 1. The molecule has 0 aromatic heterocycles. The quantitative estimate of drug-likeness (QED) is 0.565. The summed E-state index contributed by atoms with van der Waals surface area (Å²) in [5.74, 6) is -0.833. The molecule has 0 aromatic carbocycles. The summed E-state index contributed by atoms with van der Waals surface area (Å²) in [6.45, 7) is 1.08. The second-order valence-corrected chi connectivity index (χ2v) is 0.519. The number of aliphatic hydroxyl groups is 1. The average molecular weight is 215 g/mol. The maximum atomic E-state index is 9.00. The molecule has 2 N–H and O–H groups in total. The van der Waals surface area contributed by atoms with E-state index in [4.69, 9.17) is 15.0 Å². The first kappa shape index (κ1) is 34.9. The van der Waals surface area contributed by atoms with E-state index in [0.717, 1.165) is 14.0 Å². The minimum atomic E-state index is -0.833. The molecule has 6 heteroatoms. The van der Waals surface area contributed by atoms with Gasteiger partial charge in [0.1, 0.15) is 0 Å². The molecule has 0 bridgehead atoms. The minimum absolute atomic E-state index is 0. The van der Waals surface area contributed by atoms with E-state index in [1.165, 1.54) is 0 Å². The summed E-state index contributed by atoms with van der Waals surface area (Å²) in [4.78, 5) is 9.00.